The Morgan fingerprint density at radius 3 is 2.80 bits per heavy atom. The third kappa shape index (κ3) is 4.44. The highest BCUT2D eigenvalue weighted by atomic mass is 16.2. The summed E-state index contributed by atoms with van der Waals surface area (Å²) in [5, 5.41) is 3.96. The summed E-state index contributed by atoms with van der Waals surface area (Å²) < 4.78 is 0. The van der Waals surface area contributed by atoms with Gasteiger partial charge in [-0.2, -0.15) is 0 Å². The molecule has 2 unspecified atom stereocenters. The smallest absolute Gasteiger partial charge is 0.245 e. The molecule has 3 aliphatic rings. The molecule has 3 fully saturated rings. The highest BCUT2D eigenvalue weighted by molar-refractivity contribution is 5.93. The number of aromatic amines is 1. The van der Waals surface area contributed by atoms with Crippen molar-refractivity contribution in [3.8, 4) is 0 Å². The van der Waals surface area contributed by atoms with Crippen LogP contribution in [0.15, 0.2) is 30.5 Å². The van der Waals surface area contributed by atoms with Crippen LogP contribution >= 0.6 is 0 Å². The number of aromatic nitrogens is 1. The normalized spacial score (nSPS) is 25.7. The molecule has 35 heavy (non-hydrogen) atoms. The lowest BCUT2D eigenvalue weighted by molar-refractivity contribution is -0.146. The molecule has 8 nitrogen and oxygen atoms in total. The molecule has 4 N–H and O–H groups in total. The summed E-state index contributed by atoms with van der Waals surface area (Å²) in [4.78, 5) is 47.4. The van der Waals surface area contributed by atoms with Crippen LogP contribution in [0.3, 0.4) is 0 Å². The Bertz CT molecular complexity index is 1140. The standard InChI is InChI=1S/C27H37N5O3/c1-26(2,28)24(34)30-22(14-18-16-29-21-10-4-3-9-20(18)21)23(33)31-12-7-11-27(17-31)15-19-8-5-6-13-32(19)25(27)35/h3-4,9-10,16,19,22,29H,5-8,11-15,17,28H2,1-2H3,(H,30,34)/t19?,22-,27?/m1/s1. The molecule has 3 atom stereocenters. The van der Waals surface area contributed by atoms with Crippen molar-refractivity contribution in [3.63, 3.8) is 0 Å². The minimum atomic E-state index is -1.10. The Hall–Kier alpha value is -2.87. The summed E-state index contributed by atoms with van der Waals surface area (Å²) in [5.41, 5.74) is 6.43. The summed E-state index contributed by atoms with van der Waals surface area (Å²) in [6.07, 6.45) is 8.02. The number of fused-ring (bicyclic) bond motifs is 2. The molecule has 1 spiro atoms. The van der Waals surface area contributed by atoms with E-state index >= 15 is 0 Å². The number of benzene rings is 1. The Balaban J connectivity index is 1.39. The molecule has 4 heterocycles. The minimum absolute atomic E-state index is 0.135. The number of nitrogens with one attached hydrogen (secondary N) is 2. The highest BCUT2D eigenvalue weighted by Gasteiger charge is 2.54. The van der Waals surface area contributed by atoms with Gasteiger partial charge in [-0.05, 0) is 64.0 Å². The van der Waals surface area contributed by atoms with E-state index in [1.54, 1.807) is 13.8 Å². The molecular weight excluding hydrogens is 442 g/mol. The monoisotopic (exact) mass is 479 g/mol. The Labute approximate surface area is 206 Å². The number of hydrogen-bond donors (Lipinski definition) is 3. The SMILES string of the molecule is CC(C)(N)C(=O)N[C@H](Cc1c[nH]c2ccccc12)C(=O)N1CCCC2(CC3CCCCN3C2=O)C1. The first-order valence-corrected chi connectivity index (χ1v) is 12.9. The number of carbonyl (C=O) groups is 3. The summed E-state index contributed by atoms with van der Waals surface area (Å²) in [5.74, 6) is -0.277. The fourth-order valence-corrected chi connectivity index (χ4v) is 6.27. The van der Waals surface area contributed by atoms with Gasteiger partial charge in [0.25, 0.3) is 0 Å². The van der Waals surface area contributed by atoms with Gasteiger partial charge in [-0.1, -0.05) is 18.2 Å². The fraction of sp³-hybridized carbons (Fsp3) is 0.593. The second kappa shape index (κ2) is 8.97. The van der Waals surface area contributed by atoms with Crippen LogP contribution < -0.4 is 11.1 Å². The zero-order valence-electron chi connectivity index (χ0n) is 20.8. The molecule has 3 aliphatic heterocycles. The second-order valence-electron chi connectivity index (χ2n) is 11.3. The van der Waals surface area contributed by atoms with Gasteiger partial charge in [-0.25, -0.2) is 0 Å². The van der Waals surface area contributed by atoms with Crippen molar-refractivity contribution in [1.29, 1.82) is 0 Å². The summed E-state index contributed by atoms with van der Waals surface area (Å²) in [6, 6.07) is 7.49. The average molecular weight is 480 g/mol. The van der Waals surface area contributed by atoms with Crippen molar-refractivity contribution in [2.45, 2.75) is 76.4 Å². The Morgan fingerprint density at radius 1 is 1.23 bits per heavy atom. The molecule has 0 bridgehead atoms. The van der Waals surface area contributed by atoms with E-state index in [2.05, 4.69) is 15.2 Å². The minimum Gasteiger partial charge on any atom is -0.361 e. The van der Waals surface area contributed by atoms with Gasteiger partial charge < -0.3 is 25.8 Å². The van der Waals surface area contributed by atoms with Gasteiger partial charge in [0.05, 0.1) is 11.0 Å². The first-order valence-electron chi connectivity index (χ1n) is 12.9. The van der Waals surface area contributed by atoms with Gasteiger partial charge in [-0.15, -0.1) is 0 Å². The van der Waals surface area contributed by atoms with E-state index in [-0.39, 0.29) is 17.7 Å². The topological polar surface area (TPSA) is 112 Å². The first kappa shape index (κ1) is 23.9. The van der Waals surface area contributed by atoms with Crippen molar-refractivity contribution >= 4 is 28.6 Å². The zero-order chi connectivity index (χ0) is 24.8. The molecule has 2 aromatic rings. The lowest BCUT2D eigenvalue weighted by atomic mass is 9.76. The molecule has 0 radical (unpaired) electrons. The number of rotatable bonds is 5. The molecule has 188 valence electrons. The van der Waals surface area contributed by atoms with Crippen molar-refractivity contribution in [1.82, 2.24) is 20.1 Å². The number of H-pyrrole nitrogens is 1. The van der Waals surface area contributed by atoms with Gasteiger partial charge in [0, 0.05) is 49.2 Å². The van der Waals surface area contributed by atoms with Crippen LogP contribution in [0.4, 0.5) is 0 Å². The quantitative estimate of drug-likeness (QED) is 0.611. The highest BCUT2D eigenvalue weighted by Crippen LogP contribution is 2.45. The number of nitrogens with zero attached hydrogens (tertiary/aromatic N) is 2. The number of carbonyl (C=O) groups excluding carboxylic acids is 3. The fourth-order valence-electron chi connectivity index (χ4n) is 6.27. The Kier molecular flexibility index (Phi) is 6.11. The van der Waals surface area contributed by atoms with Crippen molar-refractivity contribution in [2.75, 3.05) is 19.6 Å². The molecule has 0 saturated carbocycles. The van der Waals surface area contributed by atoms with Crippen LogP contribution in [-0.2, 0) is 20.8 Å². The Morgan fingerprint density at radius 2 is 2.03 bits per heavy atom. The van der Waals surface area contributed by atoms with Crippen LogP contribution in [0.5, 0.6) is 0 Å². The van der Waals surface area contributed by atoms with Gasteiger partial charge >= 0.3 is 0 Å². The third-order valence-electron chi connectivity index (χ3n) is 8.14. The van der Waals surface area contributed by atoms with Crippen molar-refractivity contribution in [3.05, 3.63) is 36.0 Å². The number of likely N-dealkylation sites (tertiary alicyclic amines) is 1. The van der Waals surface area contributed by atoms with Gasteiger partial charge in [0.15, 0.2) is 0 Å². The van der Waals surface area contributed by atoms with Crippen LogP contribution in [0.1, 0.15) is 57.9 Å². The molecular formula is C27H37N5O3. The number of para-hydroxylation sites is 1. The van der Waals surface area contributed by atoms with E-state index in [0.717, 1.165) is 55.1 Å². The van der Waals surface area contributed by atoms with Crippen LogP contribution in [-0.4, -0.2) is 69.8 Å². The molecule has 3 saturated heterocycles. The zero-order valence-corrected chi connectivity index (χ0v) is 20.8. The van der Waals surface area contributed by atoms with Gasteiger partial charge in [0.2, 0.25) is 17.7 Å². The summed E-state index contributed by atoms with van der Waals surface area (Å²) in [7, 11) is 0. The molecule has 8 heteroatoms. The van der Waals surface area contributed by atoms with Crippen LogP contribution in [0.2, 0.25) is 0 Å². The maximum atomic E-state index is 13.9. The molecule has 5 rings (SSSR count). The predicted octanol–water partition coefficient (Wildman–Crippen LogP) is 2.33. The van der Waals surface area contributed by atoms with Crippen molar-refractivity contribution in [2.24, 2.45) is 11.1 Å². The average Bonchev–Trinajstić information content (AvgIpc) is 3.36. The maximum Gasteiger partial charge on any atom is 0.245 e. The van der Waals surface area contributed by atoms with E-state index < -0.39 is 17.0 Å². The number of nitrogens with two attached hydrogens (primary N) is 1. The first-order chi connectivity index (χ1) is 16.7. The second-order valence-corrected chi connectivity index (χ2v) is 11.3. The van der Waals surface area contributed by atoms with E-state index in [4.69, 9.17) is 5.73 Å². The summed E-state index contributed by atoms with van der Waals surface area (Å²) in [6.45, 7) is 5.15. The number of amides is 3. The van der Waals surface area contributed by atoms with E-state index in [9.17, 15) is 14.4 Å². The van der Waals surface area contributed by atoms with Crippen LogP contribution in [0.25, 0.3) is 10.9 Å². The lowest BCUT2D eigenvalue weighted by Crippen LogP contribution is -2.59. The predicted molar refractivity (Wildman–Crippen MR) is 134 cm³/mol. The van der Waals surface area contributed by atoms with E-state index in [1.165, 1.54) is 6.42 Å². The number of hydrogen-bond acceptors (Lipinski definition) is 4. The van der Waals surface area contributed by atoms with E-state index in [0.29, 0.717) is 25.6 Å². The molecule has 1 aromatic carbocycles. The van der Waals surface area contributed by atoms with Crippen LogP contribution in [0, 0.1) is 5.41 Å². The summed E-state index contributed by atoms with van der Waals surface area (Å²) >= 11 is 0. The molecule has 1 aromatic heterocycles. The number of piperidine rings is 2. The van der Waals surface area contributed by atoms with Gasteiger partial charge in [0.1, 0.15) is 6.04 Å². The van der Waals surface area contributed by atoms with Crippen molar-refractivity contribution < 1.29 is 14.4 Å². The lowest BCUT2D eigenvalue weighted by Gasteiger charge is -2.40. The molecule has 3 amide bonds. The molecule has 0 aliphatic carbocycles. The maximum absolute atomic E-state index is 13.9. The largest absolute Gasteiger partial charge is 0.361 e. The van der Waals surface area contributed by atoms with Gasteiger partial charge in [-0.3, -0.25) is 14.4 Å². The third-order valence-corrected chi connectivity index (χ3v) is 8.14. The van der Waals surface area contributed by atoms with E-state index in [1.807, 2.05) is 35.4 Å².